The van der Waals surface area contributed by atoms with Crippen LogP contribution in [0.1, 0.15) is 86.6 Å². The number of aromatic hydroxyl groups is 1. The molecule has 2 aliphatic rings. The van der Waals surface area contributed by atoms with E-state index >= 15 is 0 Å². The molecule has 3 N–H and O–H groups in total. The van der Waals surface area contributed by atoms with E-state index in [4.69, 9.17) is 9.84 Å². The minimum absolute atomic E-state index is 0.00146. The van der Waals surface area contributed by atoms with Crippen LogP contribution < -0.4 is 10.6 Å². The van der Waals surface area contributed by atoms with Crippen molar-refractivity contribution in [3.05, 3.63) is 72.8 Å². The smallest absolute Gasteiger partial charge is 0.306 e. The normalized spacial score (nSPS) is 18.0. The van der Waals surface area contributed by atoms with Crippen LogP contribution in [-0.2, 0) is 9.53 Å². The van der Waals surface area contributed by atoms with Gasteiger partial charge in [-0.15, -0.1) is 0 Å². The van der Waals surface area contributed by atoms with Crippen molar-refractivity contribution in [2.45, 2.75) is 116 Å². The lowest BCUT2D eigenvalue weighted by molar-refractivity contribution is -0.147. The van der Waals surface area contributed by atoms with Gasteiger partial charge in [0.15, 0.2) is 0 Å². The van der Waals surface area contributed by atoms with Crippen LogP contribution in [0.2, 0.25) is 0 Å². The molecule has 0 amide bonds. The number of para-hydroxylation sites is 1. The van der Waals surface area contributed by atoms with Crippen LogP contribution in [0.5, 0.6) is 5.75 Å². The molecule has 4 rings (SSSR count). The van der Waals surface area contributed by atoms with Gasteiger partial charge in [0.25, 0.3) is 0 Å². The van der Waals surface area contributed by atoms with Crippen LogP contribution in [0.25, 0.3) is 0 Å². The third kappa shape index (κ3) is 23.4. The molecule has 6 nitrogen and oxygen atoms in total. The highest BCUT2D eigenvalue weighted by atomic mass is 33.1. The number of rotatable bonds is 7. The molecule has 44 heavy (non-hydrogen) atoms. The molecule has 250 valence electrons. The van der Waals surface area contributed by atoms with Gasteiger partial charge in [-0.3, -0.25) is 9.78 Å². The van der Waals surface area contributed by atoms with Gasteiger partial charge in [0.05, 0.1) is 24.0 Å². The quantitative estimate of drug-likeness (QED) is 0.152. The second-order valence-electron chi connectivity index (χ2n) is 12.5. The van der Waals surface area contributed by atoms with E-state index in [9.17, 15) is 4.79 Å². The van der Waals surface area contributed by atoms with Crippen LogP contribution in [0.15, 0.2) is 67.3 Å². The molecular formula is C35H59N3O3S3. The van der Waals surface area contributed by atoms with Gasteiger partial charge in [-0.1, -0.05) is 100 Å². The number of hydrogen-bond acceptors (Lipinski definition) is 9. The molecule has 1 aromatic carbocycles. The lowest BCUT2D eigenvalue weighted by Crippen LogP contribution is -2.36. The summed E-state index contributed by atoms with van der Waals surface area (Å²) in [6.45, 7) is 22.7. The topological polar surface area (TPSA) is 83.5 Å². The molecule has 0 radical (unpaired) electrons. The summed E-state index contributed by atoms with van der Waals surface area (Å²) in [6.07, 6.45) is 9.32. The van der Waals surface area contributed by atoms with Gasteiger partial charge in [-0.05, 0) is 69.5 Å². The van der Waals surface area contributed by atoms with Gasteiger partial charge in [-0.2, -0.15) is 11.8 Å². The zero-order valence-electron chi connectivity index (χ0n) is 28.8. The molecule has 0 unspecified atom stereocenters. The van der Waals surface area contributed by atoms with Crippen LogP contribution in [-0.4, -0.2) is 56.3 Å². The van der Waals surface area contributed by atoms with E-state index in [1.54, 1.807) is 18.5 Å². The van der Waals surface area contributed by atoms with Crippen molar-refractivity contribution in [2.75, 3.05) is 12.0 Å². The van der Waals surface area contributed by atoms with Crippen molar-refractivity contribution in [1.29, 1.82) is 0 Å². The van der Waals surface area contributed by atoms with Gasteiger partial charge in [0.2, 0.25) is 0 Å². The first kappa shape index (κ1) is 42.0. The maximum atomic E-state index is 11.4. The highest BCUT2D eigenvalue weighted by Crippen LogP contribution is 2.34. The number of thioether (sulfide) groups is 1. The van der Waals surface area contributed by atoms with Crippen molar-refractivity contribution in [3.63, 3.8) is 0 Å². The standard InChI is InChI=1S/C14H24N2O2S.C7H8O.C5H5N.C5H12S2.C4H10/c1-9(2)18-13(17)7-5-4-6-12-14-11(8-19-12)15-10(3)16-14;1-6-4-2-3-5-7(6)8;1-2-4-6-5-3-1;1-5(2,3)7-6-4;1-4(2)3/h9,11-12,14-16H,3-8H2,1-2H3;2-5,8H,1H3;1-5H;1-4H3;4H,1-3H3/t11-,12-,14-;;;;/m0..../s1. The molecule has 9 heteroatoms. The first-order valence-corrected chi connectivity index (χ1v) is 19.1. The number of ether oxygens (including phenoxy) is 1. The number of phenolic OH excluding ortho intramolecular Hbond substituents is 1. The molecule has 2 fully saturated rings. The lowest BCUT2D eigenvalue weighted by Gasteiger charge is -2.17. The molecule has 0 bridgehead atoms. The number of aryl methyl sites for hydroxylation is 1. The van der Waals surface area contributed by atoms with E-state index in [0.29, 0.717) is 34.3 Å². The Hall–Kier alpha value is -1.97. The zero-order valence-corrected chi connectivity index (χ0v) is 31.2. The van der Waals surface area contributed by atoms with Gasteiger partial charge >= 0.3 is 5.97 Å². The lowest BCUT2D eigenvalue weighted by atomic mass is 10.0. The summed E-state index contributed by atoms with van der Waals surface area (Å²) >= 11 is 2.02. The number of pyridine rings is 1. The number of aromatic nitrogens is 1. The van der Waals surface area contributed by atoms with E-state index < -0.39 is 0 Å². The van der Waals surface area contributed by atoms with Gasteiger partial charge in [0.1, 0.15) is 5.75 Å². The largest absolute Gasteiger partial charge is 0.508 e. The Kier molecular flexibility index (Phi) is 23.2. The number of nitrogens with one attached hydrogen (secondary N) is 2. The number of hydrogen-bond donors (Lipinski definition) is 3. The summed E-state index contributed by atoms with van der Waals surface area (Å²) in [4.78, 5) is 15.2. The Labute approximate surface area is 281 Å². The van der Waals surface area contributed by atoms with Crippen molar-refractivity contribution < 1.29 is 14.6 Å². The van der Waals surface area contributed by atoms with Gasteiger partial charge in [-0.25, -0.2) is 0 Å². The summed E-state index contributed by atoms with van der Waals surface area (Å²) in [5, 5.41) is 16.4. The Bertz CT molecular complexity index is 967. The van der Waals surface area contributed by atoms with Crippen molar-refractivity contribution >= 4 is 39.3 Å². The molecule has 0 spiro atoms. The van der Waals surface area contributed by atoms with Crippen molar-refractivity contribution in [1.82, 2.24) is 15.6 Å². The van der Waals surface area contributed by atoms with Crippen LogP contribution >= 0.6 is 33.3 Å². The van der Waals surface area contributed by atoms with E-state index in [2.05, 4.69) is 70.0 Å². The van der Waals surface area contributed by atoms with Crippen LogP contribution in [0.4, 0.5) is 0 Å². The molecule has 3 atom stereocenters. The third-order valence-electron chi connectivity index (χ3n) is 5.53. The summed E-state index contributed by atoms with van der Waals surface area (Å²) in [5.74, 6) is 3.24. The van der Waals surface area contributed by atoms with E-state index in [-0.39, 0.29) is 12.1 Å². The van der Waals surface area contributed by atoms with Crippen molar-refractivity contribution in [2.24, 2.45) is 5.92 Å². The molecule has 1 aromatic heterocycles. The molecule has 0 saturated carbocycles. The monoisotopic (exact) mass is 665 g/mol. The zero-order chi connectivity index (χ0) is 33.5. The molecule has 3 heterocycles. The fourth-order valence-corrected chi connectivity index (χ4v) is 7.35. The molecule has 0 aliphatic carbocycles. The highest BCUT2D eigenvalue weighted by molar-refractivity contribution is 8.76. The van der Waals surface area contributed by atoms with Crippen LogP contribution in [0, 0.1) is 12.8 Å². The van der Waals surface area contributed by atoms with Crippen molar-refractivity contribution in [3.8, 4) is 5.75 Å². The maximum Gasteiger partial charge on any atom is 0.306 e. The molecule has 2 aromatic rings. The fourth-order valence-electron chi connectivity index (χ4n) is 3.81. The van der Waals surface area contributed by atoms with Gasteiger partial charge < -0.3 is 20.5 Å². The number of benzene rings is 1. The predicted molar refractivity (Wildman–Crippen MR) is 197 cm³/mol. The van der Waals surface area contributed by atoms with Crippen LogP contribution in [0.3, 0.4) is 0 Å². The highest BCUT2D eigenvalue weighted by Gasteiger charge is 2.40. The second kappa shape index (κ2) is 24.3. The summed E-state index contributed by atoms with van der Waals surface area (Å²) in [5.41, 5.74) is 0.924. The van der Waals surface area contributed by atoms with E-state index in [1.165, 1.54) is 0 Å². The number of carbonyl (C=O) groups excluding carboxylic acids is 1. The number of nitrogens with zero attached hydrogens (tertiary/aromatic N) is 1. The Morgan fingerprint density at radius 3 is 2.09 bits per heavy atom. The second-order valence-corrected chi connectivity index (χ2v) is 17.0. The number of fused-ring (bicyclic) bond motifs is 1. The summed E-state index contributed by atoms with van der Waals surface area (Å²) in [6, 6.07) is 14.0. The Morgan fingerprint density at radius 2 is 1.68 bits per heavy atom. The first-order chi connectivity index (χ1) is 20.7. The number of phenols is 1. The minimum Gasteiger partial charge on any atom is -0.508 e. The number of esters is 1. The average Bonchev–Trinajstić information content (AvgIpc) is 3.48. The number of carbonyl (C=O) groups is 1. The van der Waals surface area contributed by atoms with Gasteiger partial charge in [0, 0.05) is 34.6 Å². The molecule has 2 saturated heterocycles. The Morgan fingerprint density at radius 1 is 1.07 bits per heavy atom. The SMILES string of the molecule is C=C1N[C@H]2[C@H](CS[C@H]2CCCCC(=O)OC(C)C)N1.CC(C)C.CSSC(C)(C)C.Cc1ccccc1O.c1ccncc1. The minimum atomic E-state index is -0.0685. The van der Waals surface area contributed by atoms with E-state index in [1.807, 2.05) is 90.5 Å². The summed E-state index contributed by atoms with van der Waals surface area (Å²) in [7, 11) is 3.73. The van der Waals surface area contributed by atoms with E-state index in [0.717, 1.165) is 42.3 Å². The molecule has 2 aliphatic heterocycles. The third-order valence-corrected chi connectivity index (χ3v) is 9.70. The Balaban J connectivity index is 0.000000609. The first-order valence-electron chi connectivity index (χ1n) is 15.5. The average molecular weight is 666 g/mol. The fraction of sp³-hybridized carbons (Fsp3) is 0.600. The predicted octanol–water partition coefficient (Wildman–Crippen LogP) is 9.26. The maximum absolute atomic E-state index is 11.4. The number of unbranched alkanes of at least 4 members (excludes halogenated alkanes) is 1. The summed E-state index contributed by atoms with van der Waals surface area (Å²) < 4.78 is 5.56. The molecular weight excluding hydrogens is 607 g/mol.